The quantitative estimate of drug-likeness (QED) is 0.853. The van der Waals surface area contributed by atoms with Crippen molar-refractivity contribution in [2.75, 3.05) is 18.4 Å². The lowest BCUT2D eigenvalue weighted by Crippen LogP contribution is -2.29. The van der Waals surface area contributed by atoms with Crippen LogP contribution in [0, 0.1) is 0 Å². The van der Waals surface area contributed by atoms with Crippen molar-refractivity contribution >= 4 is 11.6 Å². The van der Waals surface area contributed by atoms with Crippen LogP contribution in [0.15, 0.2) is 30.9 Å². The fraction of sp³-hybridized carbons (Fsp3) is 0.417. The first-order valence-electron chi connectivity index (χ1n) is 6.21. The molecule has 18 heavy (non-hydrogen) atoms. The highest BCUT2D eigenvalue weighted by Crippen LogP contribution is 2.20. The summed E-state index contributed by atoms with van der Waals surface area (Å²) < 4.78 is 2.03. The second-order valence-corrected chi connectivity index (χ2v) is 4.39. The molecule has 1 aliphatic rings. The van der Waals surface area contributed by atoms with Crippen molar-refractivity contribution < 1.29 is 0 Å². The Hall–Kier alpha value is -1.95. The summed E-state index contributed by atoms with van der Waals surface area (Å²) >= 11 is 0. The minimum atomic E-state index is 0.499. The molecule has 6 heteroatoms. The Balaban J connectivity index is 1.69. The van der Waals surface area contributed by atoms with Gasteiger partial charge in [-0.15, -0.1) is 0 Å². The van der Waals surface area contributed by atoms with Gasteiger partial charge in [0.15, 0.2) is 0 Å². The molecule has 1 aliphatic heterocycles. The molecule has 0 aliphatic carbocycles. The van der Waals surface area contributed by atoms with Gasteiger partial charge in [-0.1, -0.05) is 0 Å². The Morgan fingerprint density at radius 1 is 1.22 bits per heavy atom. The monoisotopic (exact) mass is 244 g/mol. The zero-order chi connectivity index (χ0) is 12.2. The number of hydrogen-bond donors (Lipinski definition) is 2. The summed E-state index contributed by atoms with van der Waals surface area (Å²) in [5, 5.41) is 10.9. The molecule has 1 fully saturated rings. The van der Waals surface area contributed by atoms with Crippen LogP contribution in [-0.4, -0.2) is 32.8 Å². The van der Waals surface area contributed by atoms with Gasteiger partial charge in [-0.25, -0.2) is 9.97 Å². The van der Waals surface area contributed by atoms with Crippen LogP contribution in [0.2, 0.25) is 0 Å². The van der Waals surface area contributed by atoms with Gasteiger partial charge in [0.05, 0.1) is 17.9 Å². The molecule has 0 amide bonds. The summed E-state index contributed by atoms with van der Waals surface area (Å²) in [4.78, 5) is 8.25. The molecule has 2 N–H and O–H groups in total. The highest BCUT2D eigenvalue weighted by atomic mass is 15.3. The first kappa shape index (κ1) is 11.2. The van der Waals surface area contributed by atoms with Gasteiger partial charge in [0, 0.05) is 18.6 Å². The maximum absolute atomic E-state index is 4.41. The van der Waals surface area contributed by atoms with Gasteiger partial charge in [-0.2, -0.15) is 5.10 Å². The molecule has 2 aromatic rings. The van der Waals surface area contributed by atoms with Crippen molar-refractivity contribution in [2.45, 2.75) is 18.9 Å². The SMILES string of the molecule is c1cnc(Nc2cnn(C3CCNCC3)c2)nc1. The van der Waals surface area contributed by atoms with E-state index in [2.05, 4.69) is 25.7 Å². The van der Waals surface area contributed by atoms with Crippen LogP contribution in [0.4, 0.5) is 11.6 Å². The molecule has 94 valence electrons. The van der Waals surface area contributed by atoms with Crippen molar-refractivity contribution in [2.24, 2.45) is 0 Å². The predicted molar refractivity (Wildman–Crippen MR) is 68.7 cm³/mol. The second-order valence-electron chi connectivity index (χ2n) is 4.39. The number of hydrogen-bond acceptors (Lipinski definition) is 5. The Morgan fingerprint density at radius 3 is 2.78 bits per heavy atom. The number of rotatable bonds is 3. The van der Waals surface area contributed by atoms with E-state index in [0.29, 0.717) is 12.0 Å². The largest absolute Gasteiger partial charge is 0.321 e. The molecule has 0 unspecified atom stereocenters. The van der Waals surface area contributed by atoms with E-state index >= 15 is 0 Å². The van der Waals surface area contributed by atoms with E-state index in [-0.39, 0.29) is 0 Å². The standard InChI is InChI=1S/C12H16N6/c1-4-14-12(15-5-1)17-10-8-16-18(9-10)11-2-6-13-7-3-11/h1,4-5,8-9,11,13H,2-3,6-7H2,(H,14,15,17). The molecule has 0 bridgehead atoms. The summed E-state index contributed by atoms with van der Waals surface area (Å²) in [7, 11) is 0. The molecule has 0 saturated carbocycles. The predicted octanol–water partition coefficient (Wildman–Crippen LogP) is 1.34. The van der Waals surface area contributed by atoms with E-state index in [4.69, 9.17) is 0 Å². The van der Waals surface area contributed by atoms with Crippen LogP contribution in [-0.2, 0) is 0 Å². The van der Waals surface area contributed by atoms with Crippen molar-refractivity contribution in [1.29, 1.82) is 0 Å². The normalized spacial score (nSPS) is 16.7. The highest BCUT2D eigenvalue weighted by molar-refractivity contribution is 5.49. The van der Waals surface area contributed by atoms with Gasteiger partial charge in [-0.3, -0.25) is 4.68 Å². The lowest BCUT2D eigenvalue weighted by Gasteiger charge is -2.22. The Morgan fingerprint density at radius 2 is 2.00 bits per heavy atom. The van der Waals surface area contributed by atoms with Gasteiger partial charge in [0.25, 0.3) is 0 Å². The van der Waals surface area contributed by atoms with Gasteiger partial charge < -0.3 is 10.6 Å². The van der Waals surface area contributed by atoms with E-state index in [1.165, 1.54) is 0 Å². The second kappa shape index (κ2) is 5.14. The molecule has 0 radical (unpaired) electrons. The van der Waals surface area contributed by atoms with E-state index < -0.39 is 0 Å². The third-order valence-corrected chi connectivity index (χ3v) is 3.11. The third kappa shape index (κ3) is 2.48. The van der Waals surface area contributed by atoms with E-state index in [1.807, 2.05) is 17.1 Å². The molecule has 3 heterocycles. The van der Waals surface area contributed by atoms with Crippen molar-refractivity contribution in [3.63, 3.8) is 0 Å². The highest BCUT2D eigenvalue weighted by Gasteiger charge is 2.15. The van der Waals surface area contributed by atoms with Crippen LogP contribution >= 0.6 is 0 Å². The molecule has 2 aromatic heterocycles. The summed E-state index contributed by atoms with van der Waals surface area (Å²) in [5.41, 5.74) is 0.930. The smallest absolute Gasteiger partial charge is 0.227 e. The topological polar surface area (TPSA) is 67.7 Å². The van der Waals surface area contributed by atoms with Crippen LogP contribution < -0.4 is 10.6 Å². The molecule has 1 saturated heterocycles. The minimum Gasteiger partial charge on any atom is -0.321 e. The number of anilines is 2. The summed E-state index contributed by atoms with van der Waals surface area (Å²) in [6, 6.07) is 2.29. The zero-order valence-corrected chi connectivity index (χ0v) is 10.1. The van der Waals surface area contributed by atoms with Gasteiger partial charge >= 0.3 is 0 Å². The summed E-state index contributed by atoms with van der Waals surface area (Å²) in [6.45, 7) is 2.13. The average Bonchev–Trinajstić information content (AvgIpc) is 2.89. The fourth-order valence-corrected chi connectivity index (χ4v) is 2.17. The van der Waals surface area contributed by atoms with Crippen LogP contribution in [0.3, 0.4) is 0 Å². The number of piperidine rings is 1. The fourth-order valence-electron chi connectivity index (χ4n) is 2.17. The molecular formula is C12H16N6. The molecule has 0 spiro atoms. The lowest BCUT2D eigenvalue weighted by atomic mass is 10.1. The average molecular weight is 244 g/mol. The van der Waals surface area contributed by atoms with Gasteiger partial charge in [0.2, 0.25) is 5.95 Å². The van der Waals surface area contributed by atoms with E-state index in [0.717, 1.165) is 31.6 Å². The zero-order valence-electron chi connectivity index (χ0n) is 10.1. The van der Waals surface area contributed by atoms with Gasteiger partial charge in [0.1, 0.15) is 0 Å². The number of nitrogens with one attached hydrogen (secondary N) is 2. The first-order valence-corrected chi connectivity index (χ1v) is 6.21. The third-order valence-electron chi connectivity index (χ3n) is 3.11. The summed E-state index contributed by atoms with van der Waals surface area (Å²) in [5.74, 6) is 0.599. The van der Waals surface area contributed by atoms with Crippen molar-refractivity contribution in [3.8, 4) is 0 Å². The van der Waals surface area contributed by atoms with E-state index in [9.17, 15) is 0 Å². The lowest BCUT2D eigenvalue weighted by molar-refractivity contribution is 0.343. The Labute approximate surface area is 105 Å². The molecule has 0 aromatic carbocycles. The van der Waals surface area contributed by atoms with Crippen molar-refractivity contribution in [1.82, 2.24) is 25.1 Å². The van der Waals surface area contributed by atoms with Crippen LogP contribution in [0.25, 0.3) is 0 Å². The molecular weight excluding hydrogens is 228 g/mol. The van der Waals surface area contributed by atoms with Gasteiger partial charge in [-0.05, 0) is 32.0 Å². The van der Waals surface area contributed by atoms with Crippen LogP contribution in [0.5, 0.6) is 0 Å². The van der Waals surface area contributed by atoms with Crippen LogP contribution in [0.1, 0.15) is 18.9 Å². The minimum absolute atomic E-state index is 0.499. The maximum atomic E-state index is 4.41. The van der Waals surface area contributed by atoms with Crippen molar-refractivity contribution in [3.05, 3.63) is 30.9 Å². The number of aromatic nitrogens is 4. The maximum Gasteiger partial charge on any atom is 0.227 e. The molecule has 0 atom stereocenters. The molecule has 3 rings (SSSR count). The Kier molecular flexibility index (Phi) is 3.18. The number of nitrogens with zero attached hydrogens (tertiary/aromatic N) is 4. The molecule has 6 nitrogen and oxygen atoms in total. The Bertz CT molecular complexity index is 488. The summed E-state index contributed by atoms with van der Waals surface area (Å²) in [6.07, 6.45) is 9.52. The van der Waals surface area contributed by atoms with E-state index in [1.54, 1.807) is 18.5 Å². The first-order chi connectivity index (χ1) is 8.92.